The zero-order chi connectivity index (χ0) is 45.9. The number of carbonyl (C=O) groups excluding carboxylic acids is 1. The van der Waals surface area contributed by atoms with Gasteiger partial charge in [-0.3, -0.25) is 4.79 Å². The fraction of sp³-hybridized carbons (Fsp3) is 0.759. The summed E-state index contributed by atoms with van der Waals surface area (Å²) in [7, 11) is 0. The minimum Gasteiger partial charge on any atom is -0.394 e. The van der Waals surface area contributed by atoms with Crippen molar-refractivity contribution in [3.05, 3.63) is 72.9 Å². The number of carbonyl (C=O) groups is 1. The van der Waals surface area contributed by atoms with Gasteiger partial charge in [-0.1, -0.05) is 189 Å². The number of amides is 1. The lowest BCUT2D eigenvalue weighted by atomic mass is 9.99. The van der Waals surface area contributed by atoms with Gasteiger partial charge in [0.05, 0.1) is 25.4 Å². The normalized spacial score (nSPS) is 20.8. The molecule has 0 aliphatic carbocycles. The Bertz CT molecular complexity index is 1210. The van der Waals surface area contributed by atoms with Gasteiger partial charge < -0.3 is 40.3 Å². The summed E-state index contributed by atoms with van der Waals surface area (Å²) in [6.45, 7) is 3.72. The number of unbranched alkanes of at least 4 members (excludes halogenated alkanes) is 22. The van der Waals surface area contributed by atoms with Crippen molar-refractivity contribution < 1.29 is 39.8 Å². The summed E-state index contributed by atoms with van der Waals surface area (Å²) >= 11 is 0. The second-order valence-electron chi connectivity index (χ2n) is 17.6. The quantitative estimate of drug-likeness (QED) is 0.0262. The Balaban J connectivity index is 2.30. The van der Waals surface area contributed by atoms with Crippen LogP contribution in [0, 0.1) is 0 Å². The molecule has 1 amide bonds. The molecule has 7 atom stereocenters. The summed E-state index contributed by atoms with van der Waals surface area (Å²) in [6, 6.07) is -0.833. The van der Waals surface area contributed by atoms with E-state index in [2.05, 4.69) is 79.9 Å². The molecule has 9 nitrogen and oxygen atoms in total. The molecular formula is C54H95NO8. The highest BCUT2D eigenvalue weighted by Crippen LogP contribution is 2.22. The fourth-order valence-corrected chi connectivity index (χ4v) is 7.61. The Morgan fingerprint density at radius 1 is 0.540 bits per heavy atom. The van der Waals surface area contributed by atoms with Crippen molar-refractivity contribution in [1.82, 2.24) is 5.32 Å². The van der Waals surface area contributed by atoms with Crippen LogP contribution in [0.2, 0.25) is 0 Å². The van der Waals surface area contributed by atoms with E-state index in [1.807, 2.05) is 6.08 Å². The highest BCUT2D eigenvalue weighted by Gasteiger charge is 2.44. The van der Waals surface area contributed by atoms with Crippen LogP contribution < -0.4 is 5.32 Å². The standard InChI is InChI=1S/C54H95NO8/c1-3-5-7-9-11-13-15-17-19-20-21-22-23-24-25-26-27-28-30-32-34-36-38-40-42-44-50(58)55-47(46-62-54-53(61)52(60)51(59)49(45-56)63-54)48(57)43-41-39-37-35-33-31-29-18-16-14-12-10-8-6-4-2/h15-18,20-21,23-24,33,35,41,43,47-49,51-54,56-57,59-61H,3-14,19,22,25-32,34,36-40,42,44-46H2,1-2H3,(H,55,58)/b17-15-,18-16+,21-20-,24-23-,35-33+,43-41+. The number of ether oxygens (including phenoxy) is 2. The Morgan fingerprint density at radius 3 is 1.44 bits per heavy atom. The van der Waals surface area contributed by atoms with E-state index in [0.717, 1.165) is 77.0 Å². The minimum absolute atomic E-state index is 0.198. The van der Waals surface area contributed by atoms with E-state index < -0.39 is 49.5 Å². The van der Waals surface area contributed by atoms with Crippen LogP contribution in [0.4, 0.5) is 0 Å². The molecule has 0 aromatic carbocycles. The number of aliphatic hydroxyl groups is 5. The van der Waals surface area contributed by atoms with Crippen molar-refractivity contribution in [3.63, 3.8) is 0 Å². The van der Waals surface area contributed by atoms with Crippen LogP contribution in [0.25, 0.3) is 0 Å². The van der Waals surface area contributed by atoms with Crippen LogP contribution in [-0.4, -0.2) is 87.5 Å². The van der Waals surface area contributed by atoms with Crippen molar-refractivity contribution in [2.45, 2.75) is 249 Å². The van der Waals surface area contributed by atoms with Gasteiger partial charge in [-0.15, -0.1) is 0 Å². The molecule has 63 heavy (non-hydrogen) atoms. The van der Waals surface area contributed by atoms with Gasteiger partial charge in [0.2, 0.25) is 5.91 Å². The third-order valence-electron chi connectivity index (χ3n) is 11.7. The van der Waals surface area contributed by atoms with E-state index in [4.69, 9.17) is 9.47 Å². The number of aliphatic hydroxyl groups excluding tert-OH is 5. The molecule has 7 unspecified atom stereocenters. The van der Waals surface area contributed by atoms with Gasteiger partial charge in [0, 0.05) is 6.42 Å². The first-order chi connectivity index (χ1) is 30.8. The van der Waals surface area contributed by atoms with Crippen molar-refractivity contribution in [1.29, 1.82) is 0 Å². The average Bonchev–Trinajstić information content (AvgIpc) is 3.28. The SMILES string of the molecule is CCCCCCC/C=C\C/C=C\C/C=C\CCCCCCCCCCCCC(=O)NC(COC1OC(CO)C(O)C(O)C1O)C(O)/C=C/CC/C=C/CC/C=C/CCCCCCC. The lowest BCUT2D eigenvalue weighted by Gasteiger charge is -2.40. The van der Waals surface area contributed by atoms with Crippen LogP contribution in [0.1, 0.15) is 206 Å². The number of nitrogens with one attached hydrogen (secondary N) is 1. The molecule has 1 rings (SSSR count). The smallest absolute Gasteiger partial charge is 0.220 e. The maximum Gasteiger partial charge on any atom is 0.220 e. The second-order valence-corrected chi connectivity index (χ2v) is 17.6. The second kappa shape index (κ2) is 43.5. The monoisotopic (exact) mass is 886 g/mol. The number of rotatable bonds is 42. The molecule has 0 radical (unpaired) electrons. The molecule has 1 aliphatic rings. The summed E-state index contributed by atoms with van der Waals surface area (Å²) in [6.07, 6.45) is 52.3. The van der Waals surface area contributed by atoms with Gasteiger partial charge in [0.25, 0.3) is 0 Å². The molecule has 1 fully saturated rings. The molecule has 0 saturated carbocycles. The zero-order valence-electron chi connectivity index (χ0n) is 40.1. The van der Waals surface area contributed by atoms with Crippen LogP contribution >= 0.6 is 0 Å². The summed E-state index contributed by atoms with van der Waals surface area (Å²) in [5, 5.41) is 54.3. The molecule has 0 aromatic heterocycles. The van der Waals surface area contributed by atoms with Gasteiger partial charge in [-0.25, -0.2) is 0 Å². The van der Waals surface area contributed by atoms with Crippen LogP contribution in [0.3, 0.4) is 0 Å². The van der Waals surface area contributed by atoms with Crippen molar-refractivity contribution in [2.24, 2.45) is 0 Å². The number of allylic oxidation sites excluding steroid dienone is 11. The molecule has 6 N–H and O–H groups in total. The zero-order valence-corrected chi connectivity index (χ0v) is 40.1. The van der Waals surface area contributed by atoms with Crippen LogP contribution in [-0.2, 0) is 14.3 Å². The highest BCUT2D eigenvalue weighted by molar-refractivity contribution is 5.76. The Labute approximate surface area is 385 Å². The fourth-order valence-electron chi connectivity index (χ4n) is 7.61. The minimum atomic E-state index is -1.58. The van der Waals surface area contributed by atoms with Crippen LogP contribution in [0.15, 0.2) is 72.9 Å². The maximum atomic E-state index is 13.0. The molecule has 0 spiro atoms. The Hall–Kier alpha value is -2.37. The molecular weight excluding hydrogens is 791 g/mol. The summed E-state index contributed by atoms with van der Waals surface area (Å²) in [5.74, 6) is -0.198. The van der Waals surface area contributed by atoms with E-state index >= 15 is 0 Å². The highest BCUT2D eigenvalue weighted by atomic mass is 16.7. The van der Waals surface area contributed by atoms with E-state index in [-0.39, 0.29) is 12.5 Å². The maximum absolute atomic E-state index is 13.0. The van der Waals surface area contributed by atoms with Gasteiger partial charge in [0.1, 0.15) is 24.4 Å². The van der Waals surface area contributed by atoms with E-state index in [1.165, 1.54) is 109 Å². The van der Waals surface area contributed by atoms with Gasteiger partial charge in [0.15, 0.2) is 6.29 Å². The molecule has 1 heterocycles. The largest absolute Gasteiger partial charge is 0.394 e. The predicted molar refractivity (Wildman–Crippen MR) is 262 cm³/mol. The molecule has 364 valence electrons. The predicted octanol–water partition coefficient (Wildman–Crippen LogP) is 11.7. The molecule has 1 aliphatic heterocycles. The summed E-state index contributed by atoms with van der Waals surface area (Å²) in [4.78, 5) is 13.0. The first-order valence-corrected chi connectivity index (χ1v) is 25.7. The van der Waals surface area contributed by atoms with Crippen LogP contribution in [0.5, 0.6) is 0 Å². The van der Waals surface area contributed by atoms with Crippen molar-refractivity contribution in [3.8, 4) is 0 Å². The summed E-state index contributed by atoms with van der Waals surface area (Å²) in [5.41, 5.74) is 0. The third-order valence-corrected chi connectivity index (χ3v) is 11.7. The van der Waals surface area contributed by atoms with Crippen molar-refractivity contribution in [2.75, 3.05) is 13.2 Å². The Kier molecular flexibility index (Phi) is 40.5. The van der Waals surface area contributed by atoms with E-state index in [9.17, 15) is 30.3 Å². The summed E-state index contributed by atoms with van der Waals surface area (Å²) < 4.78 is 11.2. The first kappa shape index (κ1) is 58.6. The lowest BCUT2D eigenvalue weighted by Crippen LogP contribution is -2.60. The topological polar surface area (TPSA) is 149 Å². The molecule has 0 aromatic rings. The molecule has 0 bridgehead atoms. The first-order valence-electron chi connectivity index (χ1n) is 25.7. The van der Waals surface area contributed by atoms with E-state index in [0.29, 0.717) is 6.42 Å². The van der Waals surface area contributed by atoms with E-state index in [1.54, 1.807) is 6.08 Å². The Morgan fingerprint density at radius 2 is 0.952 bits per heavy atom. The third kappa shape index (κ3) is 33.7. The van der Waals surface area contributed by atoms with Crippen molar-refractivity contribution >= 4 is 5.91 Å². The molecule has 1 saturated heterocycles. The lowest BCUT2D eigenvalue weighted by molar-refractivity contribution is -0.302. The number of hydrogen-bond acceptors (Lipinski definition) is 8. The van der Waals surface area contributed by atoms with Gasteiger partial charge >= 0.3 is 0 Å². The molecule has 9 heteroatoms. The average molecular weight is 886 g/mol. The van der Waals surface area contributed by atoms with Gasteiger partial charge in [-0.05, 0) is 83.5 Å². The van der Waals surface area contributed by atoms with Gasteiger partial charge in [-0.2, -0.15) is 0 Å². The number of hydrogen-bond donors (Lipinski definition) is 6.